The molecule has 3 aromatic carbocycles. The molecule has 0 aromatic heterocycles. The van der Waals surface area contributed by atoms with Crippen LogP contribution in [0.4, 0.5) is 0 Å². The lowest BCUT2D eigenvalue weighted by Gasteiger charge is -2.15. The third-order valence-corrected chi connectivity index (χ3v) is 6.35. The Morgan fingerprint density at radius 3 is 1.97 bits per heavy atom. The van der Waals surface area contributed by atoms with Crippen molar-refractivity contribution in [1.82, 2.24) is 4.90 Å². The molecule has 0 atom stereocenters. The summed E-state index contributed by atoms with van der Waals surface area (Å²) in [6.45, 7) is 0.355. The van der Waals surface area contributed by atoms with E-state index < -0.39 is 0 Å². The van der Waals surface area contributed by atoms with Crippen LogP contribution in [0.5, 0.6) is 0 Å². The van der Waals surface area contributed by atoms with Gasteiger partial charge in [-0.1, -0.05) is 84.4 Å². The van der Waals surface area contributed by atoms with Gasteiger partial charge in [-0.15, -0.1) is 11.8 Å². The topological polar surface area (TPSA) is 37.4 Å². The maximum atomic E-state index is 13.2. The summed E-state index contributed by atoms with van der Waals surface area (Å²) < 4.78 is 0. The Hall–Kier alpha value is -2.82. The van der Waals surface area contributed by atoms with Crippen molar-refractivity contribution in [3.8, 4) is 0 Å². The van der Waals surface area contributed by atoms with E-state index in [-0.39, 0.29) is 11.8 Å². The Morgan fingerprint density at radius 2 is 1.33 bits per heavy atom. The zero-order valence-electron chi connectivity index (χ0n) is 16.3. The second-order valence-corrected chi connectivity index (χ2v) is 8.40. The average Bonchev–Trinajstić information content (AvgIpc) is 3.02. The molecule has 0 radical (unpaired) electrons. The molecule has 0 bridgehead atoms. The molecule has 3 nitrogen and oxygen atoms in total. The Balaban J connectivity index is 1.60. The van der Waals surface area contributed by atoms with E-state index in [0.717, 1.165) is 16.7 Å². The fraction of sp³-hybridized carbons (Fsp3) is 0.120. The van der Waals surface area contributed by atoms with Gasteiger partial charge in [-0.25, -0.2) is 0 Å². The first kappa shape index (κ1) is 20.5. The second-order valence-electron chi connectivity index (χ2n) is 6.98. The van der Waals surface area contributed by atoms with Gasteiger partial charge in [0.25, 0.3) is 11.8 Å². The monoisotopic (exact) mass is 433 g/mol. The Morgan fingerprint density at radius 1 is 0.733 bits per heavy atom. The number of hydrogen-bond acceptors (Lipinski definition) is 3. The number of nitrogens with zero attached hydrogens (tertiary/aromatic N) is 1. The summed E-state index contributed by atoms with van der Waals surface area (Å²) in [6, 6.07) is 26.9. The van der Waals surface area contributed by atoms with Crippen molar-refractivity contribution in [2.45, 2.75) is 12.2 Å². The lowest BCUT2D eigenvalue weighted by molar-refractivity contribution is -0.136. The fourth-order valence-electron chi connectivity index (χ4n) is 3.38. The maximum absolute atomic E-state index is 13.2. The number of thioether (sulfide) groups is 1. The van der Waals surface area contributed by atoms with Crippen molar-refractivity contribution in [2.24, 2.45) is 0 Å². The van der Waals surface area contributed by atoms with Gasteiger partial charge in [0.05, 0.1) is 10.5 Å². The van der Waals surface area contributed by atoms with Gasteiger partial charge in [0, 0.05) is 17.3 Å². The minimum atomic E-state index is -0.242. The van der Waals surface area contributed by atoms with E-state index in [9.17, 15) is 9.59 Å². The van der Waals surface area contributed by atoms with Crippen molar-refractivity contribution >= 4 is 40.8 Å². The molecule has 0 saturated carbocycles. The Kier molecular flexibility index (Phi) is 6.36. The van der Waals surface area contributed by atoms with Crippen LogP contribution in [-0.2, 0) is 21.8 Å². The summed E-state index contributed by atoms with van der Waals surface area (Å²) in [5.74, 6) is 0.161. The largest absolute Gasteiger partial charge is 0.274 e. The van der Waals surface area contributed by atoms with E-state index in [2.05, 4.69) is 0 Å². The number of carbonyl (C=O) groups excluding carboxylic acids is 2. The molecule has 0 unspecified atom stereocenters. The van der Waals surface area contributed by atoms with E-state index in [1.165, 1.54) is 16.7 Å². The number of benzene rings is 3. The third-order valence-electron chi connectivity index (χ3n) is 4.95. The van der Waals surface area contributed by atoms with E-state index in [1.54, 1.807) is 24.3 Å². The molecule has 5 heteroatoms. The highest BCUT2D eigenvalue weighted by Gasteiger charge is 2.38. The molecule has 150 valence electrons. The molecule has 30 heavy (non-hydrogen) atoms. The number of carbonyl (C=O) groups is 2. The Bertz CT molecular complexity index is 1080. The number of hydrogen-bond donors (Lipinski definition) is 0. The van der Waals surface area contributed by atoms with Gasteiger partial charge < -0.3 is 0 Å². The number of amides is 2. The van der Waals surface area contributed by atoms with Crippen molar-refractivity contribution in [3.05, 3.63) is 112 Å². The first-order valence-electron chi connectivity index (χ1n) is 9.70. The van der Waals surface area contributed by atoms with Crippen LogP contribution in [0.15, 0.2) is 89.8 Å². The quantitative estimate of drug-likeness (QED) is 0.455. The van der Waals surface area contributed by atoms with E-state index >= 15 is 0 Å². The summed E-state index contributed by atoms with van der Waals surface area (Å²) in [6.07, 6.45) is 0.628. The molecule has 0 N–H and O–H groups in total. The van der Waals surface area contributed by atoms with Crippen LogP contribution >= 0.6 is 23.4 Å². The standard InChI is InChI=1S/C25H20ClNO2S/c26-21-13-11-20(12-14-21)22-23(30-17-19-9-5-2-6-10-19)25(29)27(24(22)28)16-15-18-7-3-1-4-8-18/h1-14H,15-17H2. The summed E-state index contributed by atoms with van der Waals surface area (Å²) >= 11 is 7.44. The molecule has 3 aromatic rings. The van der Waals surface area contributed by atoms with Crippen LogP contribution in [0, 0.1) is 0 Å². The molecule has 0 fully saturated rings. The van der Waals surface area contributed by atoms with Crippen LogP contribution in [0.25, 0.3) is 5.57 Å². The van der Waals surface area contributed by atoms with Crippen molar-refractivity contribution in [1.29, 1.82) is 0 Å². The normalized spacial score (nSPS) is 14.0. The predicted octanol–water partition coefficient (Wildman–Crippen LogP) is 5.60. The average molecular weight is 434 g/mol. The van der Waals surface area contributed by atoms with Crippen molar-refractivity contribution in [3.63, 3.8) is 0 Å². The fourth-order valence-corrected chi connectivity index (χ4v) is 4.59. The highest BCUT2D eigenvalue weighted by molar-refractivity contribution is 8.03. The summed E-state index contributed by atoms with van der Waals surface area (Å²) in [5, 5.41) is 0.593. The van der Waals surface area contributed by atoms with Crippen molar-refractivity contribution in [2.75, 3.05) is 6.54 Å². The maximum Gasteiger partial charge on any atom is 0.268 e. The molecule has 0 saturated heterocycles. The molecule has 1 aliphatic rings. The van der Waals surface area contributed by atoms with Crippen LogP contribution in [0.1, 0.15) is 16.7 Å². The zero-order chi connectivity index (χ0) is 20.9. The molecule has 0 aliphatic carbocycles. The molecular formula is C25H20ClNO2S. The summed E-state index contributed by atoms with van der Waals surface area (Å²) in [4.78, 5) is 28.3. The van der Waals surface area contributed by atoms with E-state index in [0.29, 0.717) is 34.2 Å². The van der Waals surface area contributed by atoms with Crippen LogP contribution in [0.2, 0.25) is 5.02 Å². The lowest BCUT2D eigenvalue weighted by atomic mass is 10.1. The van der Waals surface area contributed by atoms with E-state index in [4.69, 9.17) is 11.6 Å². The smallest absolute Gasteiger partial charge is 0.268 e. The van der Waals surface area contributed by atoms with Gasteiger partial charge in [0.2, 0.25) is 0 Å². The van der Waals surface area contributed by atoms with Crippen LogP contribution < -0.4 is 0 Å². The van der Waals surface area contributed by atoms with Gasteiger partial charge in [-0.2, -0.15) is 0 Å². The minimum Gasteiger partial charge on any atom is -0.274 e. The summed E-state index contributed by atoms with van der Waals surface area (Å²) in [7, 11) is 0. The predicted molar refractivity (Wildman–Crippen MR) is 123 cm³/mol. The Labute approximate surface area is 185 Å². The minimum absolute atomic E-state index is 0.221. The molecule has 2 amide bonds. The summed E-state index contributed by atoms with van der Waals surface area (Å²) in [5.41, 5.74) is 3.38. The van der Waals surface area contributed by atoms with Crippen LogP contribution in [0.3, 0.4) is 0 Å². The third kappa shape index (κ3) is 4.50. The van der Waals surface area contributed by atoms with Crippen molar-refractivity contribution < 1.29 is 9.59 Å². The molecular weight excluding hydrogens is 414 g/mol. The number of halogens is 1. The van der Waals surface area contributed by atoms with Gasteiger partial charge in [0.15, 0.2) is 0 Å². The molecule has 4 rings (SSSR count). The van der Waals surface area contributed by atoms with Gasteiger partial charge in [-0.3, -0.25) is 14.5 Å². The lowest BCUT2D eigenvalue weighted by Crippen LogP contribution is -2.33. The number of rotatable bonds is 7. The highest BCUT2D eigenvalue weighted by atomic mass is 35.5. The SMILES string of the molecule is O=C1C(SCc2ccccc2)=C(c2ccc(Cl)cc2)C(=O)N1CCc1ccccc1. The zero-order valence-corrected chi connectivity index (χ0v) is 17.8. The second kappa shape index (κ2) is 9.33. The van der Waals surface area contributed by atoms with Crippen LogP contribution in [-0.4, -0.2) is 23.3 Å². The molecule has 1 heterocycles. The first-order chi connectivity index (χ1) is 14.6. The first-order valence-corrected chi connectivity index (χ1v) is 11.1. The highest BCUT2D eigenvalue weighted by Crippen LogP contribution is 2.37. The van der Waals surface area contributed by atoms with Gasteiger partial charge in [0.1, 0.15) is 0 Å². The van der Waals surface area contributed by atoms with Gasteiger partial charge in [-0.05, 0) is 35.2 Å². The molecule has 0 spiro atoms. The van der Waals surface area contributed by atoms with Gasteiger partial charge >= 0.3 is 0 Å². The number of imide groups is 1. The molecule has 1 aliphatic heterocycles. The van der Waals surface area contributed by atoms with E-state index in [1.807, 2.05) is 60.7 Å².